The molecule has 1 atom stereocenters. The fourth-order valence-corrected chi connectivity index (χ4v) is 5.41. The van der Waals surface area contributed by atoms with Crippen LogP contribution in [0.1, 0.15) is 5.69 Å². The van der Waals surface area contributed by atoms with Gasteiger partial charge in [-0.25, -0.2) is 14.3 Å². The summed E-state index contributed by atoms with van der Waals surface area (Å²) in [5, 5.41) is 5.91. The smallest absolute Gasteiger partial charge is 0.422 e. The van der Waals surface area contributed by atoms with Crippen LogP contribution in [0, 0.1) is 12.8 Å². The van der Waals surface area contributed by atoms with E-state index in [9.17, 15) is 22.2 Å². The molecule has 0 spiro atoms. The number of carbonyl (C=O) groups excluding carboxylic acids is 1. The van der Waals surface area contributed by atoms with Crippen LogP contribution in [0.25, 0.3) is 11.1 Å². The topological polar surface area (TPSA) is 88.8 Å². The average molecular weight is 525 g/mol. The van der Waals surface area contributed by atoms with Crippen LogP contribution in [0.2, 0.25) is 0 Å². The second-order valence-corrected chi connectivity index (χ2v) is 10.4. The molecule has 0 bridgehead atoms. The lowest BCUT2D eigenvalue weighted by Crippen LogP contribution is -2.54. The Morgan fingerprint density at radius 2 is 1.89 bits per heavy atom. The highest BCUT2D eigenvalue weighted by Crippen LogP contribution is 2.34. The summed E-state index contributed by atoms with van der Waals surface area (Å²) in [5.74, 6) is -0.141. The zero-order valence-electron chi connectivity index (χ0n) is 18.9. The van der Waals surface area contributed by atoms with E-state index >= 15 is 0 Å². The molecule has 2 heterocycles. The summed E-state index contributed by atoms with van der Waals surface area (Å²) >= 11 is 1.14. The van der Waals surface area contributed by atoms with Crippen molar-refractivity contribution in [1.82, 2.24) is 4.98 Å². The average Bonchev–Trinajstić information content (AvgIpc) is 3.18. The SMILES string of the molecule is Cc1nc(N(C)C(=O)C2CN(c3ccc(-c4ccccc4OCC(F)(F)F)cc3)C2)sc1S(N)=O. The number of para-hydroxylation sites is 1. The lowest BCUT2D eigenvalue weighted by molar-refractivity contribution is -0.153. The minimum atomic E-state index is -4.42. The molecule has 1 aliphatic rings. The van der Waals surface area contributed by atoms with Crippen LogP contribution >= 0.6 is 11.3 Å². The number of aryl methyl sites for hydroxylation is 1. The van der Waals surface area contributed by atoms with Gasteiger partial charge in [0.1, 0.15) is 20.9 Å². The Bertz CT molecular complexity index is 1240. The fraction of sp³-hybridized carbons (Fsp3) is 0.304. The molecule has 1 saturated heterocycles. The highest BCUT2D eigenvalue weighted by Gasteiger charge is 2.36. The maximum absolute atomic E-state index is 12.9. The van der Waals surface area contributed by atoms with Gasteiger partial charge in [0.05, 0.1) is 11.6 Å². The molecule has 2 N–H and O–H groups in total. The number of nitrogens with zero attached hydrogens (tertiary/aromatic N) is 3. The molecule has 35 heavy (non-hydrogen) atoms. The lowest BCUT2D eigenvalue weighted by Gasteiger charge is -2.41. The number of hydrogen-bond acceptors (Lipinski definition) is 6. The molecule has 1 fully saturated rings. The molecule has 1 amide bonds. The van der Waals surface area contributed by atoms with Crippen LogP contribution in [-0.2, 0) is 15.8 Å². The first-order chi connectivity index (χ1) is 16.5. The first kappa shape index (κ1) is 25.1. The summed E-state index contributed by atoms with van der Waals surface area (Å²) in [5.41, 5.74) is 2.75. The number of thiazole rings is 1. The van der Waals surface area contributed by atoms with Gasteiger partial charge in [-0.05, 0) is 30.7 Å². The molecular weight excluding hydrogens is 501 g/mol. The van der Waals surface area contributed by atoms with Crippen LogP contribution < -0.4 is 19.7 Å². The highest BCUT2D eigenvalue weighted by molar-refractivity contribution is 7.85. The van der Waals surface area contributed by atoms with Crippen LogP contribution in [0.5, 0.6) is 5.75 Å². The number of halogens is 3. The number of benzene rings is 2. The molecular formula is C23H23F3N4O3S2. The first-order valence-electron chi connectivity index (χ1n) is 10.6. The minimum Gasteiger partial charge on any atom is -0.483 e. The molecule has 12 heteroatoms. The second-order valence-electron chi connectivity index (χ2n) is 8.11. The van der Waals surface area contributed by atoms with Gasteiger partial charge >= 0.3 is 6.18 Å². The number of rotatable bonds is 7. The van der Waals surface area contributed by atoms with Crippen molar-refractivity contribution < 1.29 is 26.9 Å². The predicted molar refractivity (Wildman–Crippen MR) is 130 cm³/mol. The number of hydrogen-bond donors (Lipinski definition) is 1. The van der Waals surface area contributed by atoms with Crippen LogP contribution in [-0.4, -0.2) is 48.0 Å². The summed E-state index contributed by atoms with van der Waals surface area (Å²) in [4.78, 5) is 20.7. The van der Waals surface area contributed by atoms with Crippen molar-refractivity contribution in [2.45, 2.75) is 17.3 Å². The third-order valence-corrected chi connectivity index (χ3v) is 8.03. The monoisotopic (exact) mass is 524 g/mol. The Morgan fingerprint density at radius 3 is 2.49 bits per heavy atom. The zero-order valence-corrected chi connectivity index (χ0v) is 20.5. The summed E-state index contributed by atoms with van der Waals surface area (Å²) in [6.07, 6.45) is -4.42. The van der Waals surface area contributed by atoms with Crippen molar-refractivity contribution in [2.24, 2.45) is 11.1 Å². The largest absolute Gasteiger partial charge is 0.483 e. The van der Waals surface area contributed by atoms with Crippen molar-refractivity contribution in [3.8, 4) is 16.9 Å². The first-order valence-corrected chi connectivity index (χ1v) is 12.6. The number of amides is 1. The molecule has 3 aromatic rings. The Hall–Kier alpha value is -2.96. The van der Waals surface area contributed by atoms with E-state index in [0.717, 1.165) is 22.6 Å². The minimum absolute atomic E-state index is 0.0864. The Labute approximate surface area is 206 Å². The number of alkyl halides is 3. The van der Waals surface area contributed by atoms with E-state index in [1.165, 1.54) is 11.0 Å². The van der Waals surface area contributed by atoms with E-state index in [2.05, 4.69) is 4.98 Å². The Kier molecular flexibility index (Phi) is 7.15. The normalized spacial score (nSPS) is 15.0. The number of ether oxygens (including phenoxy) is 1. The van der Waals surface area contributed by atoms with Crippen molar-refractivity contribution in [3.05, 3.63) is 54.2 Å². The summed E-state index contributed by atoms with van der Waals surface area (Å²) in [7, 11) is -0.0111. The van der Waals surface area contributed by atoms with Crippen molar-refractivity contribution in [3.63, 3.8) is 0 Å². The van der Waals surface area contributed by atoms with Gasteiger partial charge in [0.2, 0.25) is 5.91 Å². The summed E-state index contributed by atoms with van der Waals surface area (Å²) in [6.45, 7) is 1.39. The molecule has 186 valence electrons. The molecule has 0 radical (unpaired) electrons. The number of nitrogens with two attached hydrogens (primary N) is 1. The van der Waals surface area contributed by atoms with Crippen molar-refractivity contribution in [1.29, 1.82) is 0 Å². The van der Waals surface area contributed by atoms with Gasteiger partial charge in [-0.3, -0.25) is 9.69 Å². The van der Waals surface area contributed by atoms with Gasteiger partial charge in [0.25, 0.3) is 0 Å². The summed E-state index contributed by atoms with van der Waals surface area (Å²) < 4.78 is 54.7. The van der Waals surface area contributed by atoms with E-state index in [4.69, 9.17) is 9.88 Å². The van der Waals surface area contributed by atoms with Gasteiger partial charge in [0, 0.05) is 31.4 Å². The van der Waals surface area contributed by atoms with E-state index in [-0.39, 0.29) is 17.6 Å². The zero-order chi connectivity index (χ0) is 25.3. The Morgan fingerprint density at radius 1 is 1.23 bits per heavy atom. The van der Waals surface area contributed by atoms with Crippen molar-refractivity contribution >= 4 is 39.0 Å². The Balaban J connectivity index is 1.39. The van der Waals surface area contributed by atoms with Gasteiger partial charge in [-0.15, -0.1) is 0 Å². The molecule has 1 aromatic heterocycles. The predicted octanol–water partition coefficient (Wildman–Crippen LogP) is 4.14. The van der Waals surface area contributed by atoms with Gasteiger partial charge in [-0.1, -0.05) is 41.7 Å². The molecule has 7 nitrogen and oxygen atoms in total. The quantitative estimate of drug-likeness (QED) is 0.502. The van der Waals surface area contributed by atoms with E-state index in [0.29, 0.717) is 33.7 Å². The van der Waals surface area contributed by atoms with Gasteiger partial charge in [0.15, 0.2) is 11.7 Å². The third kappa shape index (κ3) is 5.65. The molecule has 0 saturated carbocycles. The van der Waals surface area contributed by atoms with Crippen LogP contribution in [0.3, 0.4) is 0 Å². The molecule has 2 aromatic carbocycles. The van der Waals surface area contributed by atoms with E-state index < -0.39 is 23.8 Å². The third-order valence-electron chi connectivity index (χ3n) is 5.60. The molecule has 1 unspecified atom stereocenters. The highest BCUT2D eigenvalue weighted by atomic mass is 32.2. The molecule has 1 aliphatic heterocycles. The van der Waals surface area contributed by atoms with Crippen LogP contribution in [0.15, 0.2) is 52.7 Å². The van der Waals surface area contributed by atoms with Gasteiger partial charge in [-0.2, -0.15) is 13.2 Å². The standard InChI is InChI=1S/C23H23F3N4O3S2/c1-14-21(35(27)32)34-22(28-14)29(2)20(31)16-11-30(12-16)17-9-7-15(8-10-17)18-5-3-4-6-19(18)33-13-23(24,25)26/h3-10,16H,11-13,27H2,1-2H3. The molecule has 4 rings (SSSR count). The maximum Gasteiger partial charge on any atom is 0.422 e. The van der Waals surface area contributed by atoms with Gasteiger partial charge < -0.3 is 9.64 Å². The number of carbonyl (C=O) groups is 1. The number of anilines is 2. The van der Waals surface area contributed by atoms with E-state index in [1.54, 1.807) is 32.2 Å². The summed E-state index contributed by atoms with van der Waals surface area (Å²) in [6, 6.07) is 14.0. The molecule has 0 aliphatic carbocycles. The van der Waals surface area contributed by atoms with Crippen molar-refractivity contribution in [2.75, 3.05) is 36.5 Å². The lowest BCUT2D eigenvalue weighted by atomic mass is 9.97. The second kappa shape index (κ2) is 9.96. The van der Waals surface area contributed by atoms with Crippen LogP contribution in [0.4, 0.5) is 24.0 Å². The maximum atomic E-state index is 12.9. The van der Waals surface area contributed by atoms with E-state index in [1.807, 2.05) is 29.2 Å². The number of aromatic nitrogens is 1. The fourth-order valence-electron chi connectivity index (χ4n) is 3.75.